The number of ether oxygens (including phenoxy) is 2. The van der Waals surface area contributed by atoms with Gasteiger partial charge in [0.2, 0.25) is 0 Å². The number of aliphatic hydroxyl groups excluding tert-OH is 1. The summed E-state index contributed by atoms with van der Waals surface area (Å²) in [5, 5.41) is 27.5. The predicted octanol–water partition coefficient (Wildman–Crippen LogP) is 8.85. The van der Waals surface area contributed by atoms with Crippen molar-refractivity contribution in [3.05, 3.63) is 108 Å². The number of benzene rings is 3. The van der Waals surface area contributed by atoms with E-state index in [9.17, 15) is 15.0 Å². The van der Waals surface area contributed by atoms with E-state index in [4.69, 9.17) is 9.47 Å². The van der Waals surface area contributed by atoms with Gasteiger partial charge in [-0.1, -0.05) is 86.7 Å². The molecule has 56 heavy (non-hydrogen) atoms. The van der Waals surface area contributed by atoms with Crippen molar-refractivity contribution in [2.75, 3.05) is 32.1 Å². The maximum Gasteiger partial charge on any atom is 0.322 e. The highest BCUT2D eigenvalue weighted by molar-refractivity contribution is 6.14. The summed E-state index contributed by atoms with van der Waals surface area (Å²) < 4.78 is 11.4. The first-order valence-electron chi connectivity index (χ1n) is 20.8. The number of fused-ring (bicyclic) bond motifs is 1. The van der Waals surface area contributed by atoms with E-state index in [-0.39, 0.29) is 41.7 Å². The van der Waals surface area contributed by atoms with Gasteiger partial charge >= 0.3 is 6.03 Å². The second-order valence-electron chi connectivity index (χ2n) is 18.2. The Balaban J connectivity index is 1.11. The van der Waals surface area contributed by atoms with Crippen LogP contribution >= 0.6 is 0 Å². The van der Waals surface area contributed by atoms with E-state index in [0.717, 1.165) is 61.6 Å². The van der Waals surface area contributed by atoms with Gasteiger partial charge in [-0.3, -0.25) is 4.79 Å². The molecular formula is C48H56N2O6. The van der Waals surface area contributed by atoms with Gasteiger partial charge in [0.15, 0.2) is 5.78 Å². The van der Waals surface area contributed by atoms with Crippen molar-refractivity contribution in [2.45, 2.75) is 89.4 Å². The van der Waals surface area contributed by atoms with Gasteiger partial charge < -0.3 is 29.9 Å². The maximum atomic E-state index is 15.5. The topological polar surface area (TPSA) is 108 Å². The number of nitrogens with zero attached hydrogens (tertiary/aromatic N) is 1. The fourth-order valence-electron chi connectivity index (χ4n) is 12.7. The van der Waals surface area contributed by atoms with E-state index >= 15 is 4.79 Å². The lowest BCUT2D eigenvalue weighted by molar-refractivity contribution is -0.175. The lowest BCUT2D eigenvalue weighted by Gasteiger charge is -2.71. The summed E-state index contributed by atoms with van der Waals surface area (Å²) in [6, 6.07) is 25.1. The van der Waals surface area contributed by atoms with E-state index in [1.165, 1.54) is 0 Å². The van der Waals surface area contributed by atoms with Gasteiger partial charge in [-0.05, 0) is 110 Å². The molecule has 0 radical (unpaired) electrons. The van der Waals surface area contributed by atoms with Crippen molar-refractivity contribution < 1.29 is 29.3 Å². The molecule has 8 heteroatoms. The highest BCUT2D eigenvalue weighted by Crippen LogP contribution is 2.78. The lowest BCUT2D eigenvalue weighted by atomic mass is 9.32. The minimum absolute atomic E-state index is 0.0368. The van der Waals surface area contributed by atoms with E-state index in [1.807, 2.05) is 66.7 Å². The number of methoxy groups -OCH3 is 1. The average molecular weight is 757 g/mol. The molecule has 9 unspecified atom stereocenters. The number of carbonyl (C=O) groups excluding carboxylic acids is 2. The monoisotopic (exact) mass is 756 g/mol. The number of Topliss-reactive ketones (excluding diaryl/α,β-unsaturated/α-hetero) is 1. The third-order valence-electron chi connectivity index (χ3n) is 15.7. The quantitative estimate of drug-likeness (QED) is 0.149. The normalized spacial score (nSPS) is 36.6. The number of amides is 2. The first-order chi connectivity index (χ1) is 27.0. The molecule has 0 aromatic heterocycles. The number of urea groups is 1. The van der Waals surface area contributed by atoms with Crippen LogP contribution in [0.25, 0.3) is 11.1 Å². The Kier molecular flexibility index (Phi) is 9.14. The number of ketones is 1. The van der Waals surface area contributed by atoms with Gasteiger partial charge in [-0.15, -0.1) is 0 Å². The van der Waals surface area contributed by atoms with Crippen LogP contribution in [0.2, 0.25) is 0 Å². The zero-order valence-electron chi connectivity index (χ0n) is 33.0. The second kappa shape index (κ2) is 13.7. The molecule has 3 aromatic carbocycles. The van der Waals surface area contributed by atoms with Crippen molar-refractivity contribution >= 4 is 17.5 Å². The van der Waals surface area contributed by atoms with Crippen LogP contribution < -0.4 is 10.1 Å². The largest absolute Gasteiger partial charge is 0.497 e. The minimum Gasteiger partial charge on any atom is -0.497 e. The molecule has 2 bridgehead atoms. The molecule has 1 saturated heterocycles. The first kappa shape index (κ1) is 37.3. The third-order valence-corrected chi connectivity index (χ3v) is 15.7. The van der Waals surface area contributed by atoms with Crippen LogP contribution in [-0.2, 0) is 4.74 Å². The fourth-order valence-corrected chi connectivity index (χ4v) is 12.7. The van der Waals surface area contributed by atoms with Crippen molar-refractivity contribution in [1.29, 1.82) is 0 Å². The van der Waals surface area contributed by atoms with Gasteiger partial charge in [0.25, 0.3) is 0 Å². The zero-order chi connectivity index (χ0) is 38.9. The number of rotatable bonds is 9. The molecule has 10 rings (SSSR count). The highest BCUT2D eigenvalue weighted by Gasteiger charge is 2.74. The first-order valence-corrected chi connectivity index (χ1v) is 20.8. The van der Waals surface area contributed by atoms with E-state index in [2.05, 4.69) is 49.5 Å². The van der Waals surface area contributed by atoms with Gasteiger partial charge in [0.1, 0.15) is 5.75 Å². The Labute approximate surface area is 331 Å². The van der Waals surface area contributed by atoms with Gasteiger partial charge in [-0.25, -0.2) is 4.79 Å². The number of nitrogens with one attached hydrogen (secondary N) is 1. The van der Waals surface area contributed by atoms with Crippen molar-refractivity contribution in [2.24, 2.45) is 33.5 Å². The van der Waals surface area contributed by atoms with Crippen LogP contribution in [0, 0.1) is 33.5 Å². The smallest absolute Gasteiger partial charge is 0.322 e. The van der Waals surface area contributed by atoms with Crippen LogP contribution in [0.4, 0.5) is 10.5 Å². The lowest BCUT2D eigenvalue weighted by Crippen LogP contribution is -2.67. The number of carbonyl (C=O) groups is 2. The molecule has 2 amide bonds. The fraction of sp³-hybridized carbons (Fsp3) is 0.500. The molecule has 8 nitrogen and oxygen atoms in total. The number of aliphatic hydroxyl groups is 2. The Morgan fingerprint density at radius 2 is 1.59 bits per heavy atom. The molecule has 1 aliphatic heterocycles. The standard InChI is InChI=1S/C48H56N2O6/c1-44-22-19-34(51)28-46(44)25-26-48(39(29-46)42(52)38-14-8-7-13-37(38)32-10-5-4-6-11-32)40(44)20-23-45(2)41(48)21-24-47(45,54)31-50(30-36-12-9-27-56-36)43(53)49-33-15-17-35(55-3)18-16-33/h4-8,10-11,13-18,25-26,29,34,36,40-41,51,54H,9,12,19-24,27-28,30-31H2,1-3H3,(H,49,53). The van der Waals surface area contributed by atoms with Crippen LogP contribution in [-0.4, -0.2) is 71.5 Å². The summed E-state index contributed by atoms with van der Waals surface area (Å²) in [5.74, 6) is 0.880. The molecule has 9 atom stereocenters. The van der Waals surface area contributed by atoms with Crippen molar-refractivity contribution in [3.63, 3.8) is 0 Å². The van der Waals surface area contributed by atoms with Gasteiger partial charge in [0, 0.05) is 46.2 Å². The molecule has 7 aliphatic rings. The summed E-state index contributed by atoms with van der Waals surface area (Å²) in [5.41, 5.74) is 1.11. The van der Waals surface area contributed by atoms with E-state index < -0.39 is 27.9 Å². The van der Waals surface area contributed by atoms with Crippen molar-refractivity contribution in [1.82, 2.24) is 4.90 Å². The van der Waals surface area contributed by atoms with Crippen LogP contribution in [0.15, 0.2) is 103 Å². The number of allylic oxidation sites excluding steroid dienone is 4. The summed E-state index contributed by atoms with van der Waals surface area (Å²) in [6.07, 6.45) is 13.4. The molecule has 6 aliphatic carbocycles. The van der Waals surface area contributed by atoms with Crippen LogP contribution in [0.5, 0.6) is 5.75 Å². The second-order valence-corrected chi connectivity index (χ2v) is 18.2. The Hall–Kier alpha value is -4.24. The van der Waals surface area contributed by atoms with E-state index in [1.54, 1.807) is 12.0 Å². The molecule has 3 aromatic rings. The number of hydrogen-bond acceptors (Lipinski definition) is 6. The molecule has 2 spiro atoms. The molecule has 294 valence electrons. The van der Waals surface area contributed by atoms with Crippen LogP contribution in [0.1, 0.15) is 82.0 Å². The maximum absolute atomic E-state index is 15.5. The minimum atomic E-state index is -1.20. The number of hydrogen-bond donors (Lipinski definition) is 3. The summed E-state index contributed by atoms with van der Waals surface area (Å²) in [6.45, 7) is 5.88. The van der Waals surface area contributed by atoms with Crippen LogP contribution in [0.3, 0.4) is 0 Å². The summed E-state index contributed by atoms with van der Waals surface area (Å²) in [7, 11) is 1.62. The molecule has 3 saturated carbocycles. The Bertz CT molecular complexity index is 2060. The van der Waals surface area contributed by atoms with Crippen molar-refractivity contribution in [3.8, 4) is 16.9 Å². The Morgan fingerprint density at radius 1 is 0.875 bits per heavy atom. The van der Waals surface area contributed by atoms with Gasteiger partial charge in [-0.2, -0.15) is 0 Å². The zero-order valence-corrected chi connectivity index (χ0v) is 33.0. The number of anilines is 1. The Morgan fingerprint density at radius 3 is 2.34 bits per heavy atom. The molecular weight excluding hydrogens is 701 g/mol. The molecule has 1 heterocycles. The average Bonchev–Trinajstić information content (AvgIpc) is 3.83. The molecule has 4 fully saturated rings. The SMILES string of the molecule is COc1ccc(NC(=O)N(CC2CCCO2)CC2(O)CCC3C45C=CC6(C=C4C(=O)c4ccccc4-c4ccccc4)CC(O)CCC6(C)C5CCC32C)cc1. The summed E-state index contributed by atoms with van der Waals surface area (Å²) >= 11 is 0. The highest BCUT2D eigenvalue weighted by atomic mass is 16.5. The third kappa shape index (κ3) is 5.57. The summed E-state index contributed by atoms with van der Waals surface area (Å²) in [4.78, 5) is 31.5. The molecule has 3 N–H and O–H groups in total. The van der Waals surface area contributed by atoms with E-state index in [0.29, 0.717) is 43.0 Å². The van der Waals surface area contributed by atoms with Gasteiger partial charge in [0.05, 0.1) is 31.5 Å². The predicted molar refractivity (Wildman–Crippen MR) is 217 cm³/mol.